The third-order valence-electron chi connectivity index (χ3n) is 3.01. The second-order valence-corrected chi connectivity index (χ2v) is 4.06. The molecule has 1 aliphatic rings. The topological polar surface area (TPSA) is 96.1 Å². The number of nitrogens with one attached hydrogen (secondary N) is 2. The molecular formula is C10H17N5O. The van der Waals surface area contributed by atoms with E-state index in [2.05, 4.69) is 20.7 Å². The molecule has 1 heterocycles. The fraction of sp³-hybridized carbons (Fsp3) is 0.600. The largest absolute Gasteiger partial charge is 0.396 e. The van der Waals surface area contributed by atoms with Gasteiger partial charge in [0.2, 0.25) is 0 Å². The maximum atomic E-state index is 9.21. The van der Waals surface area contributed by atoms with Gasteiger partial charge in [0.1, 0.15) is 5.82 Å². The first-order chi connectivity index (χ1) is 7.83. The highest BCUT2D eigenvalue weighted by molar-refractivity contribution is 5.41. The van der Waals surface area contributed by atoms with Crippen LogP contribution in [0.4, 0.5) is 11.6 Å². The zero-order chi connectivity index (χ0) is 11.4. The Morgan fingerprint density at radius 3 is 2.94 bits per heavy atom. The minimum atomic E-state index is 0.222. The van der Waals surface area contributed by atoms with Crippen LogP contribution in [0.15, 0.2) is 12.4 Å². The molecule has 6 heteroatoms. The molecule has 0 saturated heterocycles. The van der Waals surface area contributed by atoms with Crippen LogP contribution >= 0.6 is 0 Å². The molecule has 2 rings (SSSR count). The van der Waals surface area contributed by atoms with Crippen LogP contribution in [0.25, 0.3) is 0 Å². The normalized spacial score (nSPS) is 24.4. The Morgan fingerprint density at radius 1 is 1.38 bits per heavy atom. The molecule has 1 aliphatic carbocycles. The Hall–Kier alpha value is -1.40. The summed E-state index contributed by atoms with van der Waals surface area (Å²) in [5.41, 5.74) is 2.45. The Kier molecular flexibility index (Phi) is 3.53. The third kappa shape index (κ3) is 2.40. The standard InChI is InChI=1S/C10H17N5O/c11-15-10-5-12-4-9(14-10)13-8-3-1-2-7(8)6-16/h4-5,7-8,16H,1-3,6,11H2,(H2,13,14,15). The summed E-state index contributed by atoms with van der Waals surface area (Å²) >= 11 is 0. The number of nitrogen functional groups attached to an aromatic ring is 1. The highest BCUT2D eigenvalue weighted by Gasteiger charge is 2.26. The van der Waals surface area contributed by atoms with Gasteiger partial charge in [-0.3, -0.25) is 4.98 Å². The molecule has 2 unspecified atom stereocenters. The lowest BCUT2D eigenvalue weighted by atomic mass is 10.1. The summed E-state index contributed by atoms with van der Waals surface area (Å²) in [5.74, 6) is 6.80. The second-order valence-electron chi connectivity index (χ2n) is 4.06. The Bertz CT molecular complexity index is 346. The SMILES string of the molecule is NNc1cncc(NC2CCCC2CO)n1. The predicted molar refractivity (Wildman–Crippen MR) is 61.7 cm³/mol. The van der Waals surface area contributed by atoms with Crippen molar-refractivity contribution in [2.45, 2.75) is 25.3 Å². The molecule has 1 saturated carbocycles. The molecule has 0 radical (unpaired) electrons. The van der Waals surface area contributed by atoms with Crippen LogP contribution in [0, 0.1) is 5.92 Å². The quantitative estimate of drug-likeness (QED) is 0.434. The van der Waals surface area contributed by atoms with Crippen molar-refractivity contribution in [3.63, 3.8) is 0 Å². The van der Waals surface area contributed by atoms with Crippen LogP contribution in [0.1, 0.15) is 19.3 Å². The minimum absolute atomic E-state index is 0.222. The van der Waals surface area contributed by atoms with E-state index in [9.17, 15) is 5.11 Å². The maximum Gasteiger partial charge on any atom is 0.160 e. The molecule has 0 bridgehead atoms. The molecule has 1 aromatic heterocycles. The van der Waals surface area contributed by atoms with E-state index in [1.54, 1.807) is 12.4 Å². The average molecular weight is 223 g/mol. The van der Waals surface area contributed by atoms with Gasteiger partial charge in [-0.2, -0.15) is 0 Å². The van der Waals surface area contributed by atoms with Crippen LogP contribution in [0.5, 0.6) is 0 Å². The number of hydrogen-bond acceptors (Lipinski definition) is 6. The summed E-state index contributed by atoms with van der Waals surface area (Å²) in [6, 6.07) is 0.285. The van der Waals surface area contributed by atoms with E-state index in [1.165, 1.54) is 0 Å². The lowest BCUT2D eigenvalue weighted by molar-refractivity contribution is 0.222. The van der Waals surface area contributed by atoms with Gasteiger partial charge in [0, 0.05) is 18.6 Å². The van der Waals surface area contributed by atoms with E-state index < -0.39 is 0 Å². The number of aliphatic hydroxyl groups is 1. The molecule has 88 valence electrons. The number of aromatic nitrogens is 2. The number of hydrogen-bond donors (Lipinski definition) is 4. The van der Waals surface area contributed by atoms with Gasteiger partial charge >= 0.3 is 0 Å². The van der Waals surface area contributed by atoms with Gasteiger partial charge in [-0.15, -0.1) is 0 Å². The maximum absolute atomic E-state index is 9.21. The van der Waals surface area contributed by atoms with Gasteiger partial charge < -0.3 is 15.8 Å². The lowest BCUT2D eigenvalue weighted by Crippen LogP contribution is -2.27. The summed E-state index contributed by atoms with van der Waals surface area (Å²) in [7, 11) is 0. The van der Waals surface area contributed by atoms with E-state index >= 15 is 0 Å². The van der Waals surface area contributed by atoms with Gasteiger partial charge in [-0.05, 0) is 12.8 Å². The van der Waals surface area contributed by atoms with Gasteiger partial charge in [0.15, 0.2) is 5.82 Å². The van der Waals surface area contributed by atoms with Crippen LogP contribution in [0.2, 0.25) is 0 Å². The van der Waals surface area contributed by atoms with E-state index in [0.29, 0.717) is 17.6 Å². The van der Waals surface area contributed by atoms with Crippen molar-refractivity contribution >= 4 is 11.6 Å². The molecule has 1 aromatic rings. The van der Waals surface area contributed by atoms with Gasteiger partial charge in [0.25, 0.3) is 0 Å². The van der Waals surface area contributed by atoms with Gasteiger partial charge in [0.05, 0.1) is 12.4 Å². The second kappa shape index (κ2) is 5.09. The van der Waals surface area contributed by atoms with Crippen LogP contribution < -0.4 is 16.6 Å². The first-order valence-corrected chi connectivity index (χ1v) is 5.49. The molecule has 5 N–H and O–H groups in total. The molecule has 6 nitrogen and oxygen atoms in total. The molecule has 1 fully saturated rings. The van der Waals surface area contributed by atoms with Crippen LogP contribution in [-0.2, 0) is 0 Å². The van der Waals surface area contributed by atoms with Crippen molar-refractivity contribution in [2.75, 3.05) is 17.3 Å². The summed E-state index contributed by atoms with van der Waals surface area (Å²) in [6.45, 7) is 0.222. The molecule has 0 aliphatic heterocycles. The first kappa shape index (κ1) is 11.1. The fourth-order valence-corrected chi connectivity index (χ4v) is 2.14. The van der Waals surface area contributed by atoms with Crippen molar-refractivity contribution < 1.29 is 5.11 Å². The molecular weight excluding hydrogens is 206 g/mol. The monoisotopic (exact) mass is 223 g/mol. The van der Waals surface area contributed by atoms with E-state index in [0.717, 1.165) is 19.3 Å². The first-order valence-electron chi connectivity index (χ1n) is 5.49. The highest BCUT2D eigenvalue weighted by Crippen LogP contribution is 2.27. The predicted octanol–water partition coefficient (Wildman–Crippen LogP) is 0.335. The Morgan fingerprint density at radius 2 is 2.19 bits per heavy atom. The van der Waals surface area contributed by atoms with Crippen molar-refractivity contribution in [3.05, 3.63) is 12.4 Å². The third-order valence-corrected chi connectivity index (χ3v) is 3.01. The summed E-state index contributed by atoms with van der Waals surface area (Å²) in [6.07, 6.45) is 6.49. The number of aliphatic hydroxyl groups excluding tert-OH is 1. The van der Waals surface area contributed by atoms with Crippen LogP contribution in [-0.4, -0.2) is 27.7 Å². The van der Waals surface area contributed by atoms with Crippen molar-refractivity contribution in [1.29, 1.82) is 0 Å². The number of hydrazine groups is 1. The number of rotatable bonds is 4. The molecule has 2 atom stereocenters. The minimum Gasteiger partial charge on any atom is -0.396 e. The van der Waals surface area contributed by atoms with Crippen LogP contribution in [0.3, 0.4) is 0 Å². The molecule has 16 heavy (non-hydrogen) atoms. The van der Waals surface area contributed by atoms with Crippen molar-refractivity contribution in [3.8, 4) is 0 Å². The summed E-state index contributed by atoms with van der Waals surface area (Å²) < 4.78 is 0. The smallest absolute Gasteiger partial charge is 0.160 e. The Labute approximate surface area is 94.3 Å². The van der Waals surface area contributed by atoms with Crippen molar-refractivity contribution in [1.82, 2.24) is 9.97 Å². The highest BCUT2D eigenvalue weighted by atomic mass is 16.3. The van der Waals surface area contributed by atoms with E-state index in [1.807, 2.05) is 0 Å². The van der Waals surface area contributed by atoms with Gasteiger partial charge in [-0.1, -0.05) is 6.42 Å². The van der Waals surface area contributed by atoms with E-state index in [-0.39, 0.29) is 12.6 Å². The summed E-state index contributed by atoms with van der Waals surface area (Å²) in [4.78, 5) is 8.25. The fourth-order valence-electron chi connectivity index (χ4n) is 2.14. The zero-order valence-corrected chi connectivity index (χ0v) is 9.06. The lowest BCUT2D eigenvalue weighted by Gasteiger charge is -2.19. The number of nitrogens with zero attached hydrogens (tertiary/aromatic N) is 2. The molecule has 0 spiro atoms. The number of anilines is 2. The number of nitrogens with two attached hydrogens (primary N) is 1. The van der Waals surface area contributed by atoms with Crippen molar-refractivity contribution in [2.24, 2.45) is 11.8 Å². The molecule has 0 aromatic carbocycles. The van der Waals surface area contributed by atoms with E-state index in [4.69, 9.17) is 5.84 Å². The summed E-state index contributed by atoms with van der Waals surface area (Å²) in [5, 5.41) is 12.5. The Balaban J connectivity index is 2.02. The average Bonchev–Trinajstić information content (AvgIpc) is 2.76. The zero-order valence-electron chi connectivity index (χ0n) is 9.06. The van der Waals surface area contributed by atoms with Gasteiger partial charge in [-0.25, -0.2) is 10.8 Å². The molecule has 0 amide bonds.